The highest BCUT2D eigenvalue weighted by atomic mass is 15.1. The molecule has 1 atom stereocenters. The Bertz CT molecular complexity index is 396. The monoisotopic (exact) mass is 260 g/mol. The van der Waals surface area contributed by atoms with Crippen molar-refractivity contribution in [3.8, 4) is 0 Å². The normalized spacial score (nSPS) is 17.2. The van der Waals surface area contributed by atoms with E-state index in [0.717, 1.165) is 18.4 Å². The van der Waals surface area contributed by atoms with Crippen LogP contribution in [0.1, 0.15) is 56.2 Å². The molecule has 0 aromatic heterocycles. The molecule has 1 unspecified atom stereocenters. The second-order valence-electron chi connectivity index (χ2n) is 6.32. The van der Waals surface area contributed by atoms with E-state index in [1.54, 1.807) is 0 Å². The minimum absolute atomic E-state index is 0.371. The van der Waals surface area contributed by atoms with Crippen molar-refractivity contribution in [2.75, 3.05) is 20.1 Å². The third kappa shape index (κ3) is 3.80. The molecule has 2 N–H and O–H groups in total. The number of likely N-dealkylation sites (N-methyl/N-ethyl adjacent to an activating group) is 1. The molecule has 2 heteroatoms. The van der Waals surface area contributed by atoms with Crippen LogP contribution in [0.25, 0.3) is 0 Å². The van der Waals surface area contributed by atoms with Crippen LogP contribution in [0, 0.1) is 5.92 Å². The summed E-state index contributed by atoms with van der Waals surface area (Å²) in [4.78, 5) is 2.43. The zero-order valence-corrected chi connectivity index (χ0v) is 12.6. The molecule has 1 aliphatic rings. The number of nitrogens with two attached hydrogens (primary N) is 1. The van der Waals surface area contributed by atoms with Crippen LogP contribution < -0.4 is 5.73 Å². The molecule has 0 radical (unpaired) electrons. The fourth-order valence-electron chi connectivity index (χ4n) is 2.74. The molecule has 0 heterocycles. The molecule has 2 nitrogen and oxygen atoms in total. The van der Waals surface area contributed by atoms with E-state index in [1.165, 1.54) is 30.4 Å². The van der Waals surface area contributed by atoms with Gasteiger partial charge in [0.2, 0.25) is 0 Å². The molecule has 1 saturated carbocycles. The molecule has 1 fully saturated rings. The molecule has 0 aliphatic heterocycles. The van der Waals surface area contributed by atoms with E-state index >= 15 is 0 Å². The van der Waals surface area contributed by atoms with Crippen LogP contribution in [0.3, 0.4) is 0 Å². The maximum Gasteiger partial charge on any atom is 0.0470 e. The summed E-state index contributed by atoms with van der Waals surface area (Å²) < 4.78 is 0. The molecule has 0 bridgehead atoms. The van der Waals surface area contributed by atoms with Crippen LogP contribution in [0.5, 0.6) is 0 Å². The lowest BCUT2D eigenvalue weighted by Gasteiger charge is -2.29. The van der Waals surface area contributed by atoms with Gasteiger partial charge < -0.3 is 5.73 Å². The van der Waals surface area contributed by atoms with Gasteiger partial charge in [-0.2, -0.15) is 0 Å². The van der Waals surface area contributed by atoms with Crippen LogP contribution >= 0.6 is 0 Å². The summed E-state index contributed by atoms with van der Waals surface area (Å²) in [7, 11) is 2.21. The Morgan fingerprint density at radius 1 is 1.26 bits per heavy atom. The number of hydrogen-bond donors (Lipinski definition) is 1. The van der Waals surface area contributed by atoms with Crippen molar-refractivity contribution in [3.63, 3.8) is 0 Å². The Morgan fingerprint density at radius 2 is 1.95 bits per heavy atom. The minimum atomic E-state index is 0.371. The highest BCUT2D eigenvalue weighted by molar-refractivity contribution is 5.35. The molecule has 1 aromatic rings. The van der Waals surface area contributed by atoms with Gasteiger partial charge in [-0.1, -0.05) is 38.1 Å². The first-order valence-corrected chi connectivity index (χ1v) is 7.62. The molecule has 1 aliphatic carbocycles. The molecule has 2 rings (SSSR count). The van der Waals surface area contributed by atoms with Crippen molar-refractivity contribution >= 4 is 0 Å². The zero-order valence-electron chi connectivity index (χ0n) is 12.6. The van der Waals surface area contributed by atoms with Crippen molar-refractivity contribution in [1.29, 1.82) is 0 Å². The van der Waals surface area contributed by atoms with Gasteiger partial charge in [0, 0.05) is 12.6 Å². The van der Waals surface area contributed by atoms with Gasteiger partial charge >= 0.3 is 0 Å². The van der Waals surface area contributed by atoms with Crippen molar-refractivity contribution in [2.24, 2.45) is 11.7 Å². The first-order chi connectivity index (χ1) is 9.13. The van der Waals surface area contributed by atoms with Crippen molar-refractivity contribution < 1.29 is 0 Å². The fraction of sp³-hybridized carbons (Fsp3) is 0.647. The maximum absolute atomic E-state index is 6.06. The first kappa shape index (κ1) is 14.5. The molecule has 0 spiro atoms. The van der Waals surface area contributed by atoms with Gasteiger partial charge in [-0.05, 0) is 55.8 Å². The summed E-state index contributed by atoms with van der Waals surface area (Å²) in [5.41, 5.74) is 9.05. The Balaban J connectivity index is 2.12. The second kappa shape index (κ2) is 6.53. The first-order valence-electron chi connectivity index (χ1n) is 7.62. The van der Waals surface area contributed by atoms with E-state index < -0.39 is 0 Å². The lowest BCUT2D eigenvalue weighted by atomic mass is 9.96. The lowest BCUT2D eigenvalue weighted by Crippen LogP contribution is -2.32. The third-order valence-electron chi connectivity index (χ3n) is 4.19. The van der Waals surface area contributed by atoms with Crippen molar-refractivity contribution in [2.45, 2.75) is 45.1 Å². The Labute approximate surface area is 118 Å². The smallest absolute Gasteiger partial charge is 0.0470 e. The third-order valence-corrected chi connectivity index (χ3v) is 4.19. The number of benzene rings is 1. The Hall–Kier alpha value is -0.860. The second-order valence-corrected chi connectivity index (χ2v) is 6.32. The van der Waals surface area contributed by atoms with Gasteiger partial charge in [0.05, 0.1) is 0 Å². The van der Waals surface area contributed by atoms with E-state index in [4.69, 9.17) is 5.73 Å². The van der Waals surface area contributed by atoms with Crippen LogP contribution in [0.15, 0.2) is 24.3 Å². The number of nitrogens with zero attached hydrogens (tertiary/aromatic N) is 1. The number of hydrogen-bond acceptors (Lipinski definition) is 2. The van der Waals surface area contributed by atoms with Gasteiger partial charge in [-0.3, -0.25) is 4.90 Å². The molecule has 1 aromatic carbocycles. The minimum Gasteiger partial charge on any atom is -0.329 e. The average Bonchev–Trinajstić information content (AvgIpc) is 3.22. The predicted molar refractivity (Wildman–Crippen MR) is 82.3 cm³/mol. The summed E-state index contributed by atoms with van der Waals surface area (Å²) >= 11 is 0. The van der Waals surface area contributed by atoms with Crippen LogP contribution in [0.2, 0.25) is 0 Å². The van der Waals surface area contributed by atoms with Crippen molar-refractivity contribution in [3.05, 3.63) is 35.4 Å². The van der Waals surface area contributed by atoms with Gasteiger partial charge in [-0.15, -0.1) is 0 Å². The summed E-state index contributed by atoms with van der Waals surface area (Å²) in [5.74, 6) is 1.54. The van der Waals surface area contributed by atoms with Crippen LogP contribution in [0.4, 0.5) is 0 Å². The largest absolute Gasteiger partial charge is 0.329 e. The van der Waals surface area contributed by atoms with E-state index in [2.05, 4.69) is 50.1 Å². The van der Waals surface area contributed by atoms with Gasteiger partial charge in [-0.25, -0.2) is 0 Å². The fourth-order valence-corrected chi connectivity index (χ4v) is 2.74. The van der Waals surface area contributed by atoms with E-state index in [-0.39, 0.29) is 0 Å². The van der Waals surface area contributed by atoms with Gasteiger partial charge in [0.1, 0.15) is 0 Å². The van der Waals surface area contributed by atoms with Crippen LogP contribution in [-0.4, -0.2) is 25.0 Å². The number of rotatable bonds is 7. The lowest BCUT2D eigenvalue weighted by molar-refractivity contribution is 0.235. The standard InChI is InChI=1S/C17H28N2/c1-13(2)10-11-19(3)17(12-18)16-7-5-4-6-15(16)14-8-9-14/h4-7,13-14,17H,8-12,18H2,1-3H3. The summed E-state index contributed by atoms with van der Waals surface area (Å²) in [6.45, 7) is 6.39. The quantitative estimate of drug-likeness (QED) is 0.812. The highest BCUT2D eigenvalue weighted by Gasteiger charge is 2.28. The average molecular weight is 260 g/mol. The van der Waals surface area contributed by atoms with Crippen LogP contribution in [-0.2, 0) is 0 Å². The summed E-state index contributed by atoms with van der Waals surface area (Å²) in [6.07, 6.45) is 3.94. The molecule has 0 saturated heterocycles. The SMILES string of the molecule is CC(C)CCN(C)C(CN)c1ccccc1C1CC1. The molecule has 0 amide bonds. The molecule has 19 heavy (non-hydrogen) atoms. The zero-order chi connectivity index (χ0) is 13.8. The summed E-state index contributed by atoms with van der Waals surface area (Å²) in [5, 5.41) is 0. The maximum atomic E-state index is 6.06. The summed E-state index contributed by atoms with van der Waals surface area (Å²) in [6, 6.07) is 9.26. The molecular weight excluding hydrogens is 232 g/mol. The van der Waals surface area contributed by atoms with E-state index in [1.807, 2.05) is 0 Å². The van der Waals surface area contributed by atoms with E-state index in [9.17, 15) is 0 Å². The van der Waals surface area contributed by atoms with E-state index in [0.29, 0.717) is 12.6 Å². The highest BCUT2D eigenvalue weighted by Crippen LogP contribution is 2.43. The Kier molecular flexibility index (Phi) is 5.00. The molecular formula is C17H28N2. The topological polar surface area (TPSA) is 29.3 Å². The molecule has 106 valence electrons. The Morgan fingerprint density at radius 3 is 2.53 bits per heavy atom. The van der Waals surface area contributed by atoms with Gasteiger partial charge in [0.25, 0.3) is 0 Å². The predicted octanol–water partition coefficient (Wildman–Crippen LogP) is 3.54. The van der Waals surface area contributed by atoms with Crippen molar-refractivity contribution in [1.82, 2.24) is 4.90 Å². The van der Waals surface area contributed by atoms with Gasteiger partial charge in [0.15, 0.2) is 0 Å².